The van der Waals surface area contributed by atoms with Gasteiger partial charge in [-0.15, -0.1) is 0 Å². The first-order chi connectivity index (χ1) is 7.38. The molecule has 2 rings (SSSR count). The van der Waals surface area contributed by atoms with Gasteiger partial charge in [0, 0.05) is 0 Å². The van der Waals surface area contributed by atoms with E-state index < -0.39 is 9.41 Å². The van der Waals surface area contributed by atoms with Crippen LogP contribution in [0.5, 0.6) is 0 Å². The first kappa shape index (κ1) is 11.5. The molecule has 0 N–H and O–H groups in total. The lowest BCUT2D eigenvalue weighted by molar-refractivity contribution is 0.580. The van der Waals surface area contributed by atoms with Gasteiger partial charge >= 0.3 is 0 Å². The van der Waals surface area contributed by atoms with Gasteiger partial charge in [-0.25, -0.2) is 0 Å². The van der Waals surface area contributed by atoms with Crippen LogP contribution in [0.2, 0.25) is 6.55 Å². The summed E-state index contributed by atoms with van der Waals surface area (Å²) < 4.78 is 9.01. The maximum atomic E-state index is 9.01. The van der Waals surface area contributed by atoms with E-state index in [1.165, 1.54) is 11.1 Å². The second-order valence-electron chi connectivity index (χ2n) is 2.97. The van der Waals surface area contributed by atoms with Crippen LogP contribution in [0.4, 0.5) is 0 Å². The lowest BCUT2D eigenvalue weighted by atomic mass is 10.1. The summed E-state index contributed by atoms with van der Waals surface area (Å²) in [5.41, 5.74) is 2.55. The number of rotatable bonds is 1. The van der Waals surface area contributed by atoms with Gasteiger partial charge in [0.15, 0.2) is 0 Å². The Kier molecular flexibility index (Phi) is 5.26. The normalized spacial score (nSPS) is 8.60. The minimum Gasteiger partial charge on any atom is -0.392 e. The zero-order valence-electron chi connectivity index (χ0n) is 8.76. The summed E-state index contributed by atoms with van der Waals surface area (Å²) >= 11 is 0. The predicted molar refractivity (Wildman–Crippen MR) is 65.6 cm³/mol. The third-order valence-electron chi connectivity index (χ3n) is 1.88. The number of hydrogen-bond donors (Lipinski definition) is 0. The monoisotopic (exact) mass is 214 g/mol. The fourth-order valence-electron chi connectivity index (χ4n) is 1.26. The van der Waals surface area contributed by atoms with Crippen molar-refractivity contribution in [2.24, 2.45) is 0 Å². The van der Waals surface area contributed by atoms with E-state index in [0.29, 0.717) is 0 Å². The average Bonchev–Trinajstić information content (AvgIpc) is 2.32. The highest BCUT2D eigenvalue weighted by Crippen LogP contribution is 2.17. The van der Waals surface area contributed by atoms with E-state index in [1.54, 1.807) is 6.55 Å². The Bertz CT molecular complexity index is 346. The lowest BCUT2D eigenvalue weighted by Crippen LogP contribution is -1.73. The number of hydrogen-bond acceptors (Lipinski definition) is 1. The Morgan fingerprint density at radius 2 is 1.00 bits per heavy atom. The fraction of sp³-hybridized carbons (Fsp3) is 0.0769. The zero-order chi connectivity index (χ0) is 10.9. The minimum absolute atomic E-state index is 0.500. The van der Waals surface area contributed by atoms with Gasteiger partial charge in [-0.2, -0.15) is 0 Å². The Labute approximate surface area is 92.7 Å². The quantitative estimate of drug-likeness (QED) is 0.666. The van der Waals surface area contributed by atoms with Crippen molar-refractivity contribution in [3.63, 3.8) is 0 Å². The summed E-state index contributed by atoms with van der Waals surface area (Å²) in [5, 5.41) is 0. The van der Waals surface area contributed by atoms with Crippen LogP contribution in [0.3, 0.4) is 0 Å². The standard InChI is InChI=1S/C12H10.CH4OSi/c1-3-7-11(8-4-1)12-9-5-2-6-10-12;1-3-2/h1-10H;3H,1H3. The highest BCUT2D eigenvalue weighted by molar-refractivity contribution is 6.14. The van der Waals surface area contributed by atoms with Crippen molar-refractivity contribution in [1.29, 1.82) is 0 Å². The second-order valence-corrected chi connectivity index (χ2v) is 3.44. The molecule has 2 aromatic rings. The van der Waals surface area contributed by atoms with Crippen LogP contribution in [0, 0.1) is 0 Å². The molecule has 0 aliphatic carbocycles. The summed E-state index contributed by atoms with van der Waals surface area (Å²) in [6.07, 6.45) is 0. The van der Waals surface area contributed by atoms with Gasteiger partial charge in [0.2, 0.25) is 0 Å². The summed E-state index contributed by atoms with van der Waals surface area (Å²) in [7, 11) is -0.500. The van der Waals surface area contributed by atoms with Crippen LogP contribution in [-0.2, 0) is 4.46 Å². The minimum atomic E-state index is -0.500. The first-order valence-corrected chi connectivity index (χ1v) is 6.51. The molecule has 0 amide bonds. The molecule has 2 heteroatoms. The summed E-state index contributed by atoms with van der Waals surface area (Å²) in [6.45, 7) is 1.65. The van der Waals surface area contributed by atoms with Gasteiger partial charge in [0.05, 0.1) is 0 Å². The lowest BCUT2D eigenvalue weighted by Gasteiger charge is -1.98. The fourth-order valence-corrected chi connectivity index (χ4v) is 1.26. The van der Waals surface area contributed by atoms with Crippen LogP contribution in [0.15, 0.2) is 60.7 Å². The van der Waals surface area contributed by atoms with Gasteiger partial charge < -0.3 is 4.46 Å². The molecule has 15 heavy (non-hydrogen) atoms. The van der Waals surface area contributed by atoms with Crippen LogP contribution in [-0.4, -0.2) is 9.41 Å². The highest BCUT2D eigenvalue weighted by Gasteiger charge is 1.91. The average molecular weight is 214 g/mol. The van der Waals surface area contributed by atoms with Crippen LogP contribution in [0.1, 0.15) is 0 Å². The van der Waals surface area contributed by atoms with Gasteiger partial charge in [-0.05, 0) is 17.7 Å². The Morgan fingerprint density at radius 3 is 1.27 bits per heavy atom. The van der Waals surface area contributed by atoms with Crippen molar-refractivity contribution in [1.82, 2.24) is 0 Å². The van der Waals surface area contributed by atoms with Gasteiger partial charge in [-0.3, -0.25) is 0 Å². The molecule has 0 bridgehead atoms. The third-order valence-corrected chi connectivity index (χ3v) is 1.88. The Morgan fingerprint density at radius 1 is 0.733 bits per heavy atom. The maximum absolute atomic E-state index is 9.01. The Balaban J connectivity index is 0.000000337. The van der Waals surface area contributed by atoms with Crippen LogP contribution < -0.4 is 0 Å². The van der Waals surface area contributed by atoms with E-state index in [4.69, 9.17) is 4.46 Å². The molecule has 0 aliphatic rings. The predicted octanol–water partition coefficient (Wildman–Crippen LogP) is 3.17. The molecule has 0 heterocycles. The van der Waals surface area contributed by atoms with Gasteiger partial charge in [0.1, 0.15) is 0 Å². The molecule has 0 aliphatic heterocycles. The van der Waals surface area contributed by atoms with E-state index in [1.807, 2.05) is 12.1 Å². The van der Waals surface area contributed by atoms with E-state index in [0.717, 1.165) is 0 Å². The van der Waals surface area contributed by atoms with Crippen molar-refractivity contribution in [2.75, 3.05) is 0 Å². The van der Waals surface area contributed by atoms with Gasteiger partial charge in [0.25, 0.3) is 9.41 Å². The molecule has 2 aromatic carbocycles. The molecule has 1 nitrogen and oxygen atoms in total. The van der Waals surface area contributed by atoms with E-state index >= 15 is 0 Å². The molecule has 0 fully saturated rings. The first-order valence-electron chi connectivity index (χ1n) is 4.88. The maximum Gasteiger partial charge on any atom is 0.257 e. The summed E-state index contributed by atoms with van der Waals surface area (Å²) in [6, 6.07) is 20.8. The molecule has 0 atom stereocenters. The van der Waals surface area contributed by atoms with Crippen molar-refractivity contribution in [2.45, 2.75) is 6.55 Å². The topological polar surface area (TPSA) is 17.1 Å². The zero-order valence-corrected chi connectivity index (χ0v) is 9.91. The van der Waals surface area contributed by atoms with Gasteiger partial charge in [-0.1, -0.05) is 60.7 Å². The molecule has 0 unspecified atom stereocenters. The molecule has 0 aromatic heterocycles. The smallest absolute Gasteiger partial charge is 0.257 e. The van der Waals surface area contributed by atoms with Crippen molar-refractivity contribution in [3.05, 3.63) is 60.7 Å². The summed E-state index contributed by atoms with van der Waals surface area (Å²) in [5.74, 6) is 0. The highest BCUT2D eigenvalue weighted by atomic mass is 28.2. The molecule has 0 saturated heterocycles. The Hall–Kier alpha value is -1.54. The number of benzene rings is 2. The van der Waals surface area contributed by atoms with Crippen molar-refractivity contribution < 1.29 is 4.46 Å². The van der Waals surface area contributed by atoms with E-state index in [-0.39, 0.29) is 0 Å². The van der Waals surface area contributed by atoms with Crippen molar-refractivity contribution >= 4 is 9.41 Å². The molecule has 0 radical (unpaired) electrons. The van der Waals surface area contributed by atoms with Crippen LogP contribution in [0.25, 0.3) is 11.1 Å². The second kappa shape index (κ2) is 6.84. The molecule has 76 valence electrons. The molecule has 0 saturated carbocycles. The third kappa shape index (κ3) is 4.00. The van der Waals surface area contributed by atoms with E-state index in [2.05, 4.69) is 48.5 Å². The molecule has 0 spiro atoms. The SMILES string of the molecule is C[SiH]=O.c1ccc(-c2ccccc2)cc1. The van der Waals surface area contributed by atoms with Crippen molar-refractivity contribution in [3.8, 4) is 11.1 Å². The molecular formula is C13H14OSi. The summed E-state index contributed by atoms with van der Waals surface area (Å²) in [4.78, 5) is 0. The largest absolute Gasteiger partial charge is 0.392 e. The van der Waals surface area contributed by atoms with Crippen LogP contribution >= 0.6 is 0 Å². The van der Waals surface area contributed by atoms with E-state index in [9.17, 15) is 0 Å². The molecular weight excluding hydrogens is 200 g/mol.